The fourth-order valence-corrected chi connectivity index (χ4v) is 1.71. The van der Waals surface area contributed by atoms with E-state index in [0.717, 1.165) is 24.3 Å². The van der Waals surface area contributed by atoms with Gasteiger partial charge in [-0.2, -0.15) is 0 Å². The first kappa shape index (κ1) is 14.3. The predicted octanol–water partition coefficient (Wildman–Crippen LogP) is 2.06. The number of nitrogens with two attached hydrogens (primary N) is 1. The molecular weight excluding hydrogens is 279 g/mol. The third-order valence-corrected chi connectivity index (χ3v) is 2.75. The number of halogens is 1. The molecule has 0 atom stereocenters. The van der Waals surface area contributed by atoms with Crippen LogP contribution in [-0.2, 0) is 0 Å². The number of carboxylic acid groups (broad SMARTS) is 1. The lowest BCUT2D eigenvalue weighted by atomic mass is 10.1. The molecule has 0 unspecified atom stereocenters. The lowest BCUT2D eigenvalue weighted by Gasteiger charge is -2.09. The second kappa shape index (κ2) is 5.49. The largest absolute Gasteiger partial charge is 0.507 e. The van der Waals surface area contributed by atoms with Crippen molar-refractivity contribution < 1.29 is 24.2 Å². The van der Waals surface area contributed by atoms with E-state index in [1.54, 1.807) is 0 Å². The van der Waals surface area contributed by atoms with Crippen LogP contribution in [0.5, 0.6) is 5.75 Å². The van der Waals surface area contributed by atoms with Crippen molar-refractivity contribution in [1.29, 1.82) is 0 Å². The van der Waals surface area contributed by atoms with Crippen LogP contribution in [-0.4, -0.2) is 22.1 Å². The number of nitrogen functional groups attached to an aromatic ring is 1. The number of phenols is 1. The van der Waals surface area contributed by atoms with E-state index in [9.17, 15) is 19.1 Å². The normalized spacial score (nSPS) is 10.1. The predicted molar refractivity (Wildman–Crippen MR) is 73.8 cm³/mol. The van der Waals surface area contributed by atoms with E-state index in [1.807, 2.05) is 0 Å². The van der Waals surface area contributed by atoms with Crippen molar-refractivity contribution in [2.24, 2.45) is 0 Å². The van der Waals surface area contributed by atoms with Crippen LogP contribution >= 0.6 is 0 Å². The number of hydrogen-bond acceptors (Lipinski definition) is 4. The molecule has 0 radical (unpaired) electrons. The molecule has 2 aromatic rings. The minimum Gasteiger partial charge on any atom is -0.507 e. The van der Waals surface area contributed by atoms with E-state index in [4.69, 9.17) is 10.8 Å². The summed E-state index contributed by atoms with van der Waals surface area (Å²) in [6, 6.07) is 6.89. The molecule has 21 heavy (non-hydrogen) atoms. The first-order chi connectivity index (χ1) is 9.88. The highest BCUT2D eigenvalue weighted by atomic mass is 19.1. The summed E-state index contributed by atoms with van der Waals surface area (Å²) >= 11 is 0. The average molecular weight is 290 g/mol. The molecule has 2 aromatic carbocycles. The van der Waals surface area contributed by atoms with Gasteiger partial charge in [-0.15, -0.1) is 0 Å². The molecule has 7 heteroatoms. The van der Waals surface area contributed by atoms with Crippen LogP contribution < -0.4 is 11.1 Å². The smallest absolute Gasteiger partial charge is 0.339 e. The Bertz CT molecular complexity index is 731. The molecule has 0 aliphatic rings. The number of aromatic hydroxyl groups is 1. The third-order valence-electron chi connectivity index (χ3n) is 2.75. The lowest BCUT2D eigenvalue weighted by Crippen LogP contribution is -2.14. The van der Waals surface area contributed by atoms with Gasteiger partial charge in [0.25, 0.3) is 5.91 Å². The topological polar surface area (TPSA) is 113 Å². The summed E-state index contributed by atoms with van der Waals surface area (Å²) in [6.45, 7) is 0. The van der Waals surface area contributed by atoms with E-state index in [2.05, 4.69) is 5.32 Å². The lowest BCUT2D eigenvalue weighted by molar-refractivity contribution is 0.0693. The van der Waals surface area contributed by atoms with Gasteiger partial charge in [0.2, 0.25) is 0 Å². The van der Waals surface area contributed by atoms with Crippen molar-refractivity contribution in [3.63, 3.8) is 0 Å². The number of carbonyl (C=O) groups excluding carboxylic acids is 1. The van der Waals surface area contributed by atoms with Crippen LogP contribution in [0.4, 0.5) is 15.8 Å². The van der Waals surface area contributed by atoms with Crippen molar-refractivity contribution in [2.75, 3.05) is 11.1 Å². The number of amides is 1. The first-order valence-corrected chi connectivity index (χ1v) is 5.81. The maximum Gasteiger partial charge on any atom is 0.339 e. The molecule has 0 saturated heterocycles. The molecule has 6 nitrogen and oxygen atoms in total. The molecule has 0 heterocycles. The Morgan fingerprint density at radius 1 is 1.10 bits per heavy atom. The zero-order valence-electron chi connectivity index (χ0n) is 10.6. The fraction of sp³-hybridized carbons (Fsp3) is 0. The Morgan fingerprint density at radius 2 is 1.81 bits per heavy atom. The van der Waals surface area contributed by atoms with Crippen LogP contribution in [0.25, 0.3) is 0 Å². The Hall–Kier alpha value is -3.09. The Morgan fingerprint density at radius 3 is 2.43 bits per heavy atom. The molecule has 0 aliphatic carbocycles. The molecule has 0 bridgehead atoms. The highest BCUT2D eigenvalue weighted by Gasteiger charge is 2.14. The van der Waals surface area contributed by atoms with Crippen molar-refractivity contribution in [3.05, 3.63) is 53.3 Å². The number of carbonyl (C=O) groups is 2. The number of benzene rings is 2. The Balaban J connectivity index is 2.26. The number of carboxylic acids is 1. The molecule has 108 valence electrons. The van der Waals surface area contributed by atoms with Gasteiger partial charge < -0.3 is 21.3 Å². The summed E-state index contributed by atoms with van der Waals surface area (Å²) in [5.41, 5.74) is 5.49. The Labute approximate surface area is 118 Å². The minimum absolute atomic E-state index is 0.0585. The van der Waals surface area contributed by atoms with Gasteiger partial charge in [0.1, 0.15) is 17.1 Å². The Kier molecular flexibility index (Phi) is 3.75. The summed E-state index contributed by atoms with van der Waals surface area (Å²) in [5.74, 6) is -3.07. The highest BCUT2D eigenvalue weighted by molar-refractivity contribution is 6.08. The van der Waals surface area contributed by atoms with E-state index in [1.165, 1.54) is 12.1 Å². The van der Waals surface area contributed by atoms with Crippen molar-refractivity contribution in [2.45, 2.75) is 0 Å². The van der Waals surface area contributed by atoms with Gasteiger partial charge in [0, 0.05) is 17.4 Å². The van der Waals surface area contributed by atoms with E-state index in [-0.39, 0.29) is 22.5 Å². The fourth-order valence-electron chi connectivity index (χ4n) is 1.71. The molecule has 2 rings (SSSR count). The number of rotatable bonds is 3. The molecular formula is C14H11FN2O4. The van der Waals surface area contributed by atoms with Crippen molar-refractivity contribution in [3.8, 4) is 5.75 Å². The zero-order chi connectivity index (χ0) is 15.6. The van der Waals surface area contributed by atoms with E-state index >= 15 is 0 Å². The minimum atomic E-state index is -1.29. The van der Waals surface area contributed by atoms with E-state index in [0.29, 0.717) is 0 Å². The number of anilines is 2. The molecule has 5 N–H and O–H groups in total. The van der Waals surface area contributed by atoms with Crippen LogP contribution in [0.2, 0.25) is 0 Å². The summed E-state index contributed by atoms with van der Waals surface area (Å²) in [7, 11) is 0. The maximum atomic E-state index is 13.1. The third kappa shape index (κ3) is 3.08. The second-order valence-corrected chi connectivity index (χ2v) is 4.22. The second-order valence-electron chi connectivity index (χ2n) is 4.22. The van der Waals surface area contributed by atoms with Gasteiger partial charge in [0.15, 0.2) is 0 Å². The van der Waals surface area contributed by atoms with Crippen molar-refractivity contribution >= 4 is 23.3 Å². The molecule has 0 aromatic heterocycles. The summed E-state index contributed by atoms with van der Waals surface area (Å²) in [4.78, 5) is 22.7. The first-order valence-electron chi connectivity index (χ1n) is 5.81. The van der Waals surface area contributed by atoms with Crippen LogP contribution in [0.1, 0.15) is 20.7 Å². The summed E-state index contributed by atoms with van der Waals surface area (Å²) < 4.78 is 13.1. The van der Waals surface area contributed by atoms with E-state index < -0.39 is 23.4 Å². The quantitative estimate of drug-likeness (QED) is 0.646. The SMILES string of the molecule is Nc1ccc(F)cc1C(=O)Nc1ccc(C(=O)O)c(O)c1. The molecule has 0 spiro atoms. The summed E-state index contributed by atoms with van der Waals surface area (Å²) in [6.07, 6.45) is 0. The zero-order valence-corrected chi connectivity index (χ0v) is 10.6. The van der Waals surface area contributed by atoms with Gasteiger partial charge in [-0.3, -0.25) is 4.79 Å². The van der Waals surface area contributed by atoms with Crippen LogP contribution in [0, 0.1) is 5.82 Å². The van der Waals surface area contributed by atoms with Crippen LogP contribution in [0.3, 0.4) is 0 Å². The number of nitrogens with one attached hydrogen (secondary N) is 1. The highest BCUT2D eigenvalue weighted by Crippen LogP contribution is 2.23. The van der Waals surface area contributed by atoms with Crippen molar-refractivity contribution in [1.82, 2.24) is 0 Å². The maximum absolute atomic E-state index is 13.1. The van der Waals surface area contributed by atoms with Gasteiger partial charge >= 0.3 is 5.97 Å². The van der Waals surface area contributed by atoms with Crippen LogP contribution in [0.15, 0.2) is 36.4 Å². The van der Waals surface area contributed by atoms with Gasteiger partial charge in [-0.1, -0.05) is 0 Å². The van der Waals surface area contributed by atoms with Gasteiger partial charge in [-0.05, 0) is 30.3 Å². The monoisotopic (exact) mass is 290 g/mol. The number of hydrogen-bond donors (Lipinski definition) is 4. The van der Waals surface area contributed by atoms with Gasteiger partial charge in [0.05, 0.1) is 5.56 Å². The average Bonchev–Trinajstić information content (AvgIpc) is 2.41. The standard InChI is InChI=1S/C14H11FN2O4/c15-7-1-4-11(16)10(5-7)13(19)17-8-2-3-9(14(20)21)12(18)6-8/h1-6,18H,16H2,(H,17,19)(H,20,21). The molecule has 1 amide bonds. The molecule has 0 fully saturated rings. The van der Waals surface area contributed by atoms with Gasteiger partial charge in [-0.25, -0.2) is 9.18 Å². The summed E-state index contributed by atoms with van der Waals surface area (Å²) in [5, 5.41) is 20.7. The number of aromatic carboxylic acids is 1. The molecule has 0 aliphatic heterocycles. The molecule has 0 saturated carbocycles.